The molecule has 0 aliphatic heterocycles. The average molecular weight is 304 g/mol. The Balaban J connectivity index is 2.22. The molecule has 0 fully saturated rings. The number of fused-ring (bicyclic) bond motifs is 1. The fraction of sp³-hybridized carbons (Fsp3) is 0.444. The second kappa shape index (κ2) is 8.18. The molecule has 2 aromatic rings. The Morgan fingerprint density at radius 3 is 2.29 bits per heavy atom. The van der Waals surface area contributed by atoms with E-state index in [0.717, 1.165) is 66.1 Å². The summed E-state index contributed by atoms with van der Waals surface area (Å²) in [5, 5.41) is 2.18. The molecule has 0 saturated heterocycles. The van der Waals surface area contributed by atoms with Gasteiger partial charge in [-0.2, -0.15) is 0 Å². The van der Waals surface area contributed by atoms with Gasteiger partial charge in [-0.1, -0.05) is 26.7 Å². The van der Waals surface area contributed by atoms with Crippen LogP contribution in [0.15, 0.2) is 35.2 Å². The van der Waals surface area contributed by atoms with E-state index < -0.39 is 0 Å². The summed E-state index contributed by atoms with van der Waals surface area (Å²) >= 11 is 4.55. The zero-order chi connectivity index (χ0) is 15.1. The molecule has 0 saturated carbocycles. The predicted molar refractivity (Wildman–Crippen MR) is 92.0 cm³/mol. The van der Waals surface area contributed by atoms with Gasteiger partial charge in [0, 0.05) is 15.7 Å². The van der Waals surface area contributed by atoms with Gasteiger partial charge in [-0.3, -0.25) is 0 Å². The molecular formula is C18H24O2S. The Bertz CT molecular complexity index is 581. The lowest BCUT2D eigenvalue weighted by atomic mass is 10.1. The van der Waals surface area contributed by atoms with Crippen LogP contribution >= 0.6 is 12.6 Å². The van der Waals surface area contributed by atoms with Gasteiger partial charge in [-0.15, -0.1) is 12.6 Å². The van der Waals surface area contributed by atoms with Crippen molar-refractivity contribution in [1.82, 2.24) is 0 Å². The minimum absolute atomic E-state index is 0.756. The lowest BCUT2D eigenvalue weighted by Crippen LogP contribution is -1.98. The molecular weight excluding hydrogens is 280 g/mol. The minimum atomic E-state index is 0.756. The molecule has 21 heavy (non-hydrogen) atoms. The highest BCUT2D eigenvalue weighted by Gasteiger charge is 2.07. The molecule has 0 atom stereocenters. The van der Waals surface area contributed by atoms with Crippen molar-refractivity contribution < 1.29 is 9.47 Å². The van der Waals surface area contributed by atoms with E-state index in [1.165, 1.54) is 0 Å². The molecule has 2 rings (SSSR count). The first-order valence-corrected chi connectivity index (χ1v) is 8.22. The van der Waals surface area contributed by atoms with Crippen LogP contribution in [0.4, 0.5) is 0 Å². The summed E-state index contributed by atoms with van der Waals surface area (Å²) in [6.07, 6.45) is 4.42. The SMILES string of the molecule is CCCCOc1ccc2c(OCCCC)ccc(S)c2c1. The number of thiol groups is 1. The van der Waals surface area contributed by atoms with E-state index in [1.807, 2.05) is 18.2 Å². The third-order valence-corrected chi connectivity index (χ3v) is 3.84. The normalized spacial score (nSPS) is 10.8. The quantitative estimate of drug-likeness (QED) is 0.514. The smallest absolute Gasteiger partial charge is 0.127 e. The van der Waals surface area contributed by atoms with Gasteiger partial charge in [-0.25, -0.2) is 0 Å². The van der Waals surface area contributed by atoms with Gasteiger partial charge in [0.15, 0.2) is 0 Å². The largest absolute Gasteiger partial charge is 0.494 e. The van der Waals surface area contributed by atoms with Gasteiger partial charge < -0.3 is 9.47 Å². The van der Waals surface area contributed by atoms with Gasteiger partial charge in [-0.05, 0) is 43.2 Å². The Morgan fingerprint density at radius 1 is 0.857 bits per heavy atom. The summed E-state index contributed by atoms with van der Waals surface area (Å²) in [6.45, 7) is 5.84. The Kier molecular flexibility index (Phi) is 6.24. The molecule has 0 unspecified atom stereocenters. The highest BCUT2D eigenvalue weighted by molar-refractivity contribution is 7.80. The number of hydrogen-bond acceptors (Lipinski definition) is 3. The first-order chi connectivity index (χ1) is 10.3. The monoisotopic (exact) mass is 304 g/mol. The van der Waals surface area contributed by atoms with Crippen LogP contribution in [0, 0.1) is 0 Å². The summed E-state index contributed by atoms with van der Waals surface area (Å²) in [4.78, 5) is 0.953. The molecule has 0 N–H and O–H groups in total. The van der Waals surface area contributed by atoms with Crippen molar-refractivity contribution in [2.24, 2.45) is 0 Å². The summed E-state index contributed by atoms with van der Waals surface area (Å²) in [5.41, 5.74) is 0. The number of ether oxygens (including phenoxy) is 2. The van der Waals surface area contributed by atoms with E-state index in [9.17, 15) is 0 Å². The fourth-order valence-corrected chi connectivity index (χ4v) is 2.42. The van der Waals surface area contributed by atoms with Gasteiger partial charge in [0.25, 0.3) is 0 Å². The lowest BCUT2D eigenvalue weighted by Gasteiger charge is -2.12. The molecule has 0 amide bonds. The molecule has 0 spiro atoms. The van der Waals surface area contributed by atoms with Crippen molar-refractivity contribution in [2.45, 2.75) is 44.4 Å². The topological polar surface area (TPSA) is 18.5 Å². The van der Waals surface area contributed by atoms with Gasteiger partial charge in [0.05, 0.1) is 13.2 Å². The third kappa shape index (κ3) is 4.31. The highest BCUT2D eigenvalue weighted by Crippen LogP contribution is 2.33. The van der Waals surface area contributed by atoms with Crippen LogP contribution in [-0.4, -0.2) is 13.2 Å². The second-order valence-electron chi connectivity index (χ2n) is 5.19. The first kappa shape index (κ1) is 16.0. The lowest BCUT2D eigenvalue weighted by molar-refractivity contribution is 0.309. The highest BCUT2D eigenvalue weighted by atomic mass is 32.1. The van der Waals surface area contributed by atoms with E-state index in [4.69, 9.17) is 9.47 Å². The molecule has 0 aromatic heterocycles. The van der Waals surface area contributed by atoms with Crippen LogP contribution < -0.4 is 9.47 Å². The Labute approximate surface area is 132 Å². The standard InChI is InChI=1S/C18H24O2S/c1-3-5-11-19-14-7-8-15-16(13-14)18(21)10-9-17(15)20-12-6-4-2/h7-10,13,21H,3-6,11-12H2,1-2H3. The van der Waals surface area contributed by atoms with E-state index in [2.05, 4.69) is 38.6 Å². The van der Waals surface area contributed by atoms with E-state index in [0.29, 0.717) is 0 Å². The van der Waals surface area contributed by atoms with Gasteiger partial charge in [0.2, 0.25) is 0 Å². The molecule has 0 aliphatic carbocycles. The van der Waals surface area contributed by atoms with E-state index in [1.54, 1.807) is 0 Å². The van der Waals surface area contributed by atoms with Crippen molar-refractivity contribution in [1.29, 1.82) is 0 Å². The number of benzene rings is 2. The van der Waals surface area contributed by atoms with Crippen LogP contribution in [0.2, 0.25) is 0 Å². The van der Waals surface area contributed by atoms with Crippen LogP contribution in [-0.2, 0) is 0 Å². The fourth-order valence-electron chi connectivity index (χ4n) is 2.16. The number of hydrogen-bond donors (Lipinski definition) is 1. The average Bonchev–Trinajstić information content (AvgIpc) is 2.50. The van der Waals surface area contributed by atoms with Crippen molar-refractivity contribution >= 4 is 23.4 Å². The zero-order valence-corrected chi connectivity index (χ0v) is 13.8. The number of unbranched alkanes of at least 4 members (excludes halogenated alkanes) is 2. The summed E-state index contributed by atoms with van der Waals surface area (Å²) in [5.74, 6) is 1.83. The Hall–Kier alpha value is -1.35. The molecule has 2 aromatic carbocycles. The molecule has 2 nitrogen and oxygen atoms in total. The Morgan fingerprint density at radius 2 is 1.57 bits per heavy atom. The van der Waals surface area contributed by atoms with E-state index in [-0.39, 0.29) is 0 Å². The summed E-state index contributed by atoms with van der Waals surface area (Å²) in [7, 11) is 0. The van der Waals surface area contributed by atoms with Crippen LogP contribution in [0.5, 0.6) is 11.5 Å². The zero-order valence-electron chi connectivity index (χ0n) is 12.9. The maximum atomic E-state index is 5.88. The maximum Gasteiger partial charge on any atom is 0.127 e. The molecule has 0 aliphatic rings. The van der Waals surface area contributed by atoms with Crippen molar-refractivity contribution in [2.75, 3.05) is 13.2 Å². The molecule has 0 heterocycles. The summed E-state index contributed by atoms with van der Waals surface area (Å²) in [6, 6.07) is 10.1. The predicted octanol–water partition coefficient (Wildman–Crippen LogP) is 5.49. The second-order valence-corrected chi connectivity index (χ2v) is 5.68. The van der Waals surface area contributed by atoms with Gasteiger partial charge >= 0.3 is 0 Å². The van der Waals surface area contributed by atoms with Crippen LogP contribution in [0.1, 0.15) is 39.5 Å². The first-order valence-electron chi connectivity index (χ1n) is 7.77. The molecule has 0 radical (unpaired) electrons. The van der Waals surface area contributed by atoms with Crippen LogP contribution in [0.3, 0.4) is 0 Å². The third-order valence-electron chi connectivity index (χ3n) is 3.45. The van der Waals surface area contributed by atoms with Crippen molar-refractivity contribution in [3.05, 3.63) is 30.3 Å². The molecule has 0 bridgehead atoms. The molecule has 114 valence electrons. The van der Waals surface area contributed by atoms with Gasteiger partial charge in [0.1, 0.15) is 11.5 Å². The van der Waals surface area contributed by atoms with Crippen molar-refractivity contribution in [3.8, 4) is 11.5 Å². The minimum Gasteiger partial charge on any atom is -0.494 e. The molecule has 3 heteroatoms. The van der Waals surface area contributed by atoms with Crippen LogP contribution in [0.25, 0.3) is 10.8 Å². The summed E-state index contributed by atoms with van der Waals surface area (Å²) < 4.78 is 11.7. The number of rotatable bonds is 8. The van der Waals surface area contributed by atoms with E-state index >= 15 is 0 Å². The maximum absolute atomic E-state index is 5.88. The van der Waals surface area contributed by atoms with Crippen molar-refractivity contribution in [3.63, 3.8) is 0 Å².